The Morgan fingerprint density at radius 3 is 2.39 bits per heavy atom. The van der Waals surface area contributed by atoms with Gasteiger partial charge in [-0.1, -0.05) is 30.3 Å². The van der Waals surface area contributed by atoms with Gasteiger partial charge in [0.25, 0.3) is 0 Å². The SMILES string of the molecule is CCOc1ccc(C(CN)CCCOc2ccccc2C)cc1. The van der Waals surface area contributed by atoms with E-state index in [1.54, 1.807) is 0 Å². The largest absolute Gasteiger partial charge is 0.494 e. The van der Waals surface area contributed by atoms with Gasteiger partial charge in [-0.3, -0.25) is 0 Å². The summed E-state index contributed by atoms with van der Waals surface area (Å²) in [6.07, 6.45) is 2.01. The first kappa shape index (κ1) is 17.4. The van der Waals surface area contributed by atoms with Crippen LogP contribution >= 0.6 is 0 Å². The summed E-state index contributed by atoms with van der Waals surface area (Å²) >= 11 is 0. The molecule has 2 N–H and O–H groups in total. The second kappa shape index (κ2) is 9.21. The standard InChI is InChI=1S/C20H27NO2/c1-3-22-19-12-10-17(11-13-19)18(15-21)8-6-14-23-20-9-5-4-7-16(20)2/h4-5,7,9-13,18H,3,6,8,14-15,21H2,1-2H3. The first-order valence-corrected chi connectivity index (χ1v) is 8.35. The lowest BCUT2D eigenvalue weighted by atomic mass is 9.94. The van der Waals surface area contributed by atoms with E-state index in [0.29, 0.717) is 19.1 Å². The molecule has 0 radical (unpaired) electrons. The Hall–Kier alpha value is -2.00. The Balaban J connectivity index is 1.81. The molecule has 0 heterocycles. The summed E-state index contributed by atoms with van der Waals surface area (Å²) in [6, 6.07) is 16.4. The van der Waals surface area contributed by atoms with Gasteiger partial charge in [0, 0.05) is 0 Å². The van der Waals surface area contributed by atoms with Crippen molar-refractivity contribution in [1.82, 2.24) is 0 Å². The Kier molecular flexibility index (Phi) is 6.95. The van der Waals surface area contributed by atoms with Crippen molar-refractivity contribution in [2.75, 3.05) is 19.8 Å². The van der Waals surface area contributed by atoms with Crippen molar-refractivity contribution in [3.05, 3.63) is 59.7 Å². The lowest BCUT2D eigenvalue weighted by Gasteiger charge is -2.16. The van der Waals surface area contributed by atoms with Gasteiger partial charge in [0.05, 0.1) is 13.2 Å². The number of aryl methyl sites for hydroxylation is 1. The van der Waals surface area contributed by atoms with Crippen LogP contribution in [0, 0.1) is 6.92 Å². The molecule has 2 aromatic rings. The van der Waals surface area contributed by atoms with Gasteiger partial charge in [0.15, 0.2) is 0 Å². The third-order valence-corrected chi connectivity index (χ3v) is 4.00. The monoisotopic (exact) mass is 313 g/mol. The normalized spacial score (nSPS) is 12.0. The quantitative estimate of drug-likeness (QED) is 0.702. The zero-order chi connectivity index (χ0) is 16.5. The minimum Gasteiger partial charge on any atom is -0.494 e. The third-order valence-electron chi connectivity index (χ3n) is 4.00. The van der Waals surface area contributed by atoms with Crippen LogP contribution in [0.3, 0.4) is 0 Å². The Morgan fingerprint density at radius 1 is 1.00 bits per heavy atom. The van der Waals surface area contributed by atoms with Crippen LogP contribution in [-0.2, 0) is 0 Å². The maximum Gasteiger partial charge on any atom is 0.122 e. The summed E-state index contributed by atoms with van der Waals surface area (Å²) in [5.41, 5.74) is 8.39. The van der Waals surface area contributed by atoms with E-state index in [1.807, 2.05) is 37.3 Å². The van der Waals surface area contributed by atoms with Gasteiger partial charge in [-0.25, -0.2) is 0 Å². The van der Waals surface area contributed by atoms with Crippen molar-refractivity contribution in [3.63, 3.8) is 0 Å². The fourth-order valence-electron chi connectivity index (χ4n) is 2.65. The lowest BCUT2D eigenvalue weighted by molar-refractivity contribution is 0.300. The highest BCUT2D eigenvalue weighted by molar-refractivity contribution is 5.32. The second-order valence-corrected chi connectivity index (χ2v) is 5.69. The molecule has 1 atom stereocenters. The molecule has 2 aromatic carbocycles. The number of nitrogens with two attached hydrogens (primary N) is 1. The number of benzene rings is 2. The molecule has 0 saturated carbocycles. The molecule has 0 aliphatic carbocycles. The van der Waals surface area contributed by atoms with E-state index in [1.165, 1.54) is 11.1 Å². The van der Waals surface area contributed by atoms with Gasteiger partial charge < -0.3 is 15.2 Å². The molecular weight excluding hydrogens is 286 g/mol. The highest BCUT2D eigenvalue weighted by atomic mass is 16.5. The summed E-state index contributed by atoms with van der Waals surface area (Å²) in [5.74, 6) is 2.25. The van der Waals surface area contributed by atoms with Crippen LogP contribution < -0.4 is 15.2 Å². The molecule has 0 amide bonds. The molecule has 0 spiro atoms. The average Bonchev–Trinajstić information content (AvgIpc) is 2.58. The summed E-state index contributed by atoms with van der Waals surface area (Å²) in [6.45, 7) is 6.12. The smallest absolute Gasteiger partial charge is 0.122 e. The molecule has 3 heteroatoms. The summed E-state index contributed by atoms with van der Waals surface area (Å²) in [7, 11) is 0. The fourth-order valence-corrected chi connectivity index (χ4v) is 2.65. The topological polar surface area (TPSA) is 44.5 Å². The molecule has 0 aliphatic heterocycles. The molecule has 0 aromatic heterocycles. The summed E-state index contributed by atoms with van der Waals surface area (Å²) in [5, 5.41) is 0. The first-order chi connectivity index (χ1) is 11.2. The number of rotatable bonds is 9. The predicted molar refractivity (Wildman–Crippen MR) is 95.3 cm³/mol. The van der Waals surface area contributed by atoms with Gasteiger partial charge >= 0.3 is 0 Å². The van der Waals surface area contributed by atoms with Crippen LogP contribution in [0.1, 0.15) is 36.8 Å². The van der Waals surface area contributed by atoms with Crippen LogP contribution in [0.25, 0.3) is 0 Å². The van der Waals surface area contributed by atoms with Crippen LogP contribution in [0.15, 0.2) is 48.5 Å². The van der Waals surface area contributed by atoms with E-state index < -0.39 is 0 Å². The van der Waals surface area contributed by atoms with E-state index in [-0.39, 0.29) is 0 Å². The van der Waals surface area contributed by atoms with Crippen molar-refractivity contribution < 1.29 is 9.47 Å². The maximum atomic E-state index is 5.95. The molecule has 3 nitrogen and oxygen atoms in total. The maximum absolute atomic E-state index is 5.95. The van der Waals surface area contributed by atoms with Crippen molar-refractivity contribution >= 4 is 0 Å². The zero-order valence-electron chi connectivity index (χ0n) is 14.1. The predicted octanol–water partition coefficient (Wildman–Crippen LogP) is 4.30. The van der Waals surface area contributed by atoms with Crippen LogP contribution in [-0.4, -0.2) is 19.8 Å². The van der Waals surface area contributed by atoms with Gasteiger partial charge in [0.2, 0.25) is 0 Å². The van der Waals surface area contributed by atoms with Crippen LogP contribution in [0.5, 0.6) is 11.5 Å². The van der Waals surface area contributed by atoms with E-state index >= 15 is 0 Å². The second-order valence-electron chi connectivity index (χ2n) is 5.69. The summed E-state index contributed by atoms with van der Waals surface area (Å²) < 4.78 is 11.3. The number of ether oxygens (including phenoxy) is 2. The Labute approximate surface area is 139 Å². The highest BCUT2D eigenvalue weighted by Crippen LogP contribution is 2.23. The minimum atomic E-state index is 0.367. The van der Waals surface area contributed by atoms with Crippen molar-refractivity contribution in [2.45, 2.75) is 32.6 Å². The Morgan fingerprint density at radius 2 is 1.74 bits per heavy atom. The number of hydrogen-bond donors (Lipinski definition) is 1. The lowest BCUT2D eigenvalue weighted by Crippen LogP contribution is -2.13. The fraction of sp³-hybridized carbons (Fsp3) is 0.400. The number of hydrogen-bond acceptors (Lipinski definition) is 3. The molecule has 2 rings (SSSR count). The molecule has 0 bridgehead atoms. The van der Waals surface area contributed by atoms with Crippen molar-refractivity contribution in [1.29, 1.82) is 0 Å². The van der Waals surface area contributed by atoms with Crippen molar-refractivity contribution in [3.8, 4) is 11.5 Å². The molecule has 1 unspecified atom stereocenters. The van der Waals surface area contributed by atoms with Crippen LogP contribution in [0.2, 0.25) is 0 Å². The summed E-state index contributed by atoms with van der Waals surface area (Å²) in [4.78, 5) is 0. The highest BCUT2D eigenvalue weighted by Gasteiger charge is 2.10. The first-order valence-electron chi connectivity index (χ1n) is 8.35. The molecule has 23 heavy (non-hydrogen) atoms. The number of para-hydroxylation sites is 1. The molecule has 124 valence electrons. The van der Waals surface area contributed by atoms with E-state index in [9.17, 15) is 0 Å². The van der Waals surface area contributed by atoms with Crippen molar-refractivity contribution in [2.24, 2.45) is 5.73 Å². The van der Waals surface area contributed by atoms with E-state index in [0.717, 1.165) is 30.9 Å². The minimum absolute atomic E-state index is 0.367. The third kappa shape index (κ3) is 5.29. The van der Waals surface area contributed by atoms with Gasteiger partial charge in [-0.2, -0.15) is 0 Å². The van der Waals surface area contributed by atoms with E-state index in [2.05, 4.69) is 25.1 Å². The van der Waals surface area contributed by atoms with Gasteiger partial charge in [-0.15, -0.1) is 0 Å². The average molecular weight is 313 g/mol. The molecule has 0 aliphatic rings. The zero-order valence-corrected chi connectivity index (χ0v) is 14.1. The van der Waals surface area contributed by atoms with Gasteiger partial charge in [-0.05, 0) is 68.5 Å². The Bertz CT molecular complexity index is 580. The molecule has 0 saturated heterocycles. The van der Waals surface area contributed by atoms with Crippen LogP contribution in [0.4, 0.5) is 0 Å². The van der Waals surface area contributed by atoms with E-state index in [4.69, 9.17) is 15.2 Å². The molecule has 0 fully saturated rings. The van der Waals surface area contributed by atoms with Gasteiger partial charge in [0.1, 0.15) is 11.5 Å². The molecular formula is C20H27NO2.